The van der Waals surface area contributed by atoms with Crippen LogP contribution >= 0.6 is 0 Å². The van der Waals surface area contributed by atoms with Crippen LogP contribution in [0.15, 0.2) is 24.3 Å². The van der Waals surface area contributed by atoms with Gasteiger partial charge in [-0.3, -0.25) is 14.9 Å². The molecule has 1 N–H and O–H groups in total. The van der Waals surface area contributed by atoms with Gasteiger partial charge in [0.05, 0.1) is 4.92 Å². The van der Waals surface area contributed by atoms with Crippen molar-refractivity contribution < 1.29 is 23.6 Å². The van der Waals surface area contributed by atoms with Crippen molar-refractivity contribution in [2.24, 2.45) is 0 Å². The standard InChI is InChI=1S/C10H9F2NO4/c11-10(12,6-9(14)15)5-7-1-3-8(4-2-7)13(16)17/h1-4H,5-6H2,(H,14,15). The molecule has 5 nitrogen and oxygen atoms in total. The number of halogens is 2. The fourth-order valence-electron chi connectivity index (χ4n) is 1.32. The van der Waals surface area contributed by atoms with Crippen LogP contribution in [-0.2, 0) is 11.2 Å². The number of carboxylic acid groups (broad SMARTS) is 1. The Bertz CT molecular complexity index is 430. The number of nitrogens with zero attached hydrogens (tertiary/aromatic N) is 1. The molecule has 0 amide bonds. The van der Waals surface area contributed by atoms with E-state index in [1.54, 1.807) is 0 Å². The van der Waals surface area contributed by atoms with E-state index in [0.29, 0.717) is 0 Å². The topological polar surface area (TPSA) is 80.4 Å². The first-order valence-corrected chi connectivity index (χ1v) is 4.63. The number of benzene rings is 1. The molecule has 0 bridgehead atoms. The van der Waals surface area contributed by atoms with Crippen LogP contribution < -0.4 is 0 Å². The van der Waals surface area contributed by atoms with Crippen molar-refractivity contribution in [1.29, 1.82) is 0 Å². The van der Waals surface area contributed by atoms with E-state index in [0.717, 1.165) is 12.1 Å². The largest absolute Gasteiger partial charge is 0.481 e. The Morgan fingerprint density at radius 3 is 2.29 bits per heavy atom. The Labute approximate surface area is 94.8 Å². The van der Waals surface area contributed by atoms with Gasteiger partial charge in [0, 0.05) is 18.6 Å². The summed E-state index contributed by atoms with van der Waals surface area (Å²) in [6.07, 6.45) is -2.01. The van der Waals surface area contributed by atoms with Gasteiger partial charge in [-0.25, -0.2) is 8.78 Å². The molecule has 0 saturated heterocycles. The van der Waals surface area contributed by atoms with E-state index in [1.165, 1.54) is 12.1 Å². The van der Waals surface area contributed by atoms with Crippen LogP contribution in [0.25, 0.3) is 0 Å². The number of rotatable bonds is 5. The minimum Gasteiger partial charge on any atom is -0.481 e. The summed E-state index contributed by atoms with van der Waals surface area (Å²) in [6.45, 7) is 0. The molecule has 0 aliphatic heterocycles. The molecule has 0 aromatic heterocycles. The van der Waals surface area contributed by atoms with Crippen LogP contribution in [0.2, 0.25) is 0 Å². The van der Waals surface area contributed by atoms with E-state index in [1.807, 2.05) is 0 Å². The number of alkyl halides is 2. The molecule has 1 rings (SSSR count). The third-order valence-electron chi connectivity index (χ3n) is 2.02. The smallest absolute Gasteiger partial charge is 0.309 e. The molecule has 0 heterocycles. The summed E-state index contributed by atoms with van der Waals surface area (Å²) in [5.41, 5.74) is -0.0443. The van der Waals surface area contributed by atoms with Gasteiger partial charge in [0.25, 0.3) is 11.6 Å². The van der Waals surface area contributed by atoms with E-state index in [9.17, 15) is 23.7 Å². The van der Waals surface area contributed by atoms with Crippen molar-refractivity contribution in [3.63, 3.8) is 0 Å². The van der Waals surface area contributed by atoms with E-state index in [2.05, 4.69) is 0 Å². The summed E-state index contributed by atoms with van der Waals surface area (Å²) in [6, 6.07) is 4.58. The molecule has 17 heavy (non-hydrogen) atoms. The van der Waals surface area contributed by atoms with E-state index < -0.39 is 29.7 Å². The highest BCUT2D eigenvalue weighted by atomic mass is 19.3. The molecule has 1 aromatic carbocycles. The highest BCUT2D eigenvalue weighted by molar-refractivity contribution is 5.67. The zero-order valence-electron chi connectivity index (χ0n) is 8.60. The molecule has 0 aliphatic rings. The molecule has 0 saturated carbocycles. The minimum atomic E-state index is -3.36. The lowest BCUT2D eigenvalue weighted by Gasteiger charge is -2.13. The van der Waals surface area contributed by atoms with Gasteiger partial charge in [0.2, 0.25) is 0 Å². The van der Waals surface area contributed by atoms with Crippen molar-refractivity contribution in [2.75, 3.05) is 0 Å². The van der Waals surface area contributed by atoms with Gasteiger partial charge in [-0.2, -0.15) is 0 Å². The summed E-state index contributed by atoms with van der Waals surface area (Å²) in [7, 11) is 0. The van der Waals surface area contributed by atoms with E-state index in [4.69, 9.17) is 5.11 Å². The average molecular weight is 245 g/mol. The molecule has 0 fully saturated rings. The summed E-state index contributed by atoms with van der Waals surface area (Å²) in [5, 5.41) is 18.6. The van der Waals surface area contributed by atoms with Crippen molar-refractivity contribution in [3.05, 3.63) is 39.9 Å². The molecule has 0 aliphatic carbocycles. The van der Waals surface area contributed by atoms with Crippen LogP contribution in [0, 0.1) is 10.1 Å². The number of hydrogen-bond donors (Lipinski definition) is 1. The Kier molecular flexibility index (Phi) is 3.72. The monoisotopic (exact) mass is 245 g/mol. The molecule has 0 spiro atoms. The molecule has 0 radical (unpaired) electrons. The lowest BCUT2D eigenvalue weighted by molar-refractivity contribution is -0.384. The van der Waals surface area contributed by atoms with Gasteiger partial charge in [-0.1, -0.05) is 12.1 Å². The lowest BCUT2D eigenvalue weighted by Crippen LogP contribution is -2.23. The summed E-state index contributed by atoms with van der Waals surface area (Å²) < 4.78 is 26.2. The van der Waals surface area contributed by atoms with Crippen LogP contribution in [0.1, 0.15) is 12.0 Å². The molecule has 7 heteroatoms. The van der Waals surface area contributed by atoms with Crippen molar-refractivity contribution in [2.45, 2.75) is 18.8 Å². The van der Waals surface area contributed by atoms with E-state index in [-0.39, 0.29) is 11.3 Å². The zero-order chi connectivity index (χ0) is 13.1. The van der Waals surface area contributed by atoms with Gasteiger partial charge in [-0.15, -0.1) is 0 Å². The van der Waals surface area contributed by atoms with Crippen LogP contribution in [0.5, 0.6) is 0 Å². The molecule has 0 atom stereocenters. The maximum atomic E-state index is 13.1. The highest BCUT2D eigenvalue weighted by Crippen LogP contribution is 2.24. The second-order valence-electron chi connectivity index (χ2n) is 3.53. The maximum Gasteiger partial charge on any atom is 0.309 e. The average Bonchev–Trinajstić information content (AvgIpc) is 2.15. The number of carboxylic acids is 1. The van der Waals surface area contributed by atoms with Crippen molar-refractivity contribution in [3.8, 4) is 0 Å². The zero-order valence-corrected chi connectivity index (χ0v) is 8.60. The van der Waals surface area contributed by atoms with Crippen LogP contribution in [0.4, 0.5) is 14.5 Å². The number of nitro benzene ring substituents is 1. The third kappa shape index (κ3) is 4.13. The molecule has 1 aromatic rings. The number of non-ortho nitro benzene ring substituents is 1. The maximum absolute atomic E-state index is 13.1. The van der Waals surface area contributed by atoms with Gasteiger partial charge in [0.15, 0.2) is 0 Å². The highest BCUT2D eigenvalue weighted by Gasteiger charge is 2.32. The van der Waals surface area contributed by atoms with Gasteiger partial charge < -0.3 is 5.11 Å². The Morgan fingerprint density at radius 1 is 1.35 bits per heavy atom. The normalized spacial score (nSPS) is 11.2. The first-order valence-electron chi connectivity index (χ1n) is 4.63. The van der Waals surface area contributed by atoms with Crippen LogP contribution in [0.3, 0.4) is 0 Å². The second kappa shape index (κ2) is 4.86. The quantitative estimate of drug-likeness (QED) is 0.637. The third-order valence-corrected chi connectivity index (χ3v) is 2.02. The summed E-state index contributed by atoms with van der Waals surface area (Å²) in [4.78, 5) is 19.9. The number of nitro groups is 1. The van der Waals surface area contributed by atoms with Gasteiger partial charge in [0.1, 0.15) is 6.42 Å². The fraction of sp³-hybridized carbons (Fsp3) is 0.300. The van der Waals surface area contributed by atoms with Crippen molar-refractivity contribution in [1.82, 2.24) is 0 Å². The first-order chi connectivity index (χ1) is 7.80. The predicted octanol–water partition coefficient (Wildman–Crippen LogP) is 2.25. The molecule has 92 valence electrons. The Hall–Kier alpha value is -2.05. The van der Waals surface area contributed by atoms with Gasteiger partial charge >= 0.3 is 5.97 Å². The summed E-state index contributed by atoms with van der Waals surface area (Å²) in [5.74, 6) is -4.95. The molecule has 0 unspecified atom stereocenters. The van der Waals surface area contributed by atoms with E-state index >= 15 is 0 Å². The van der Waals surface area contributed by atoms with Crippen LogP contribution in [-0.4, -0.2) is 21.9 Å². The Balaban J connectivity index is 2.75. The number of carbonyl (C=O) groups is 1. The Morgan fingerprint density at radius 2 is 1.88 bits per heavy atom. The van der Waals surface area contributed by atoms with Crippen molar-refractivity contribution >= 4 is 11.7 Å². The molecular weight excluding hydrogens is 236 g/mol. The van der Waals surface area contributed by atoms with Gasteiger partial charge in [-0.05, 0) is 5.56 Å². The lowest BCUT2D eigenvalue weighted by atomic mass is 10.0. The SMILES string of the molecule is O=C(O)CC(F)(F)Cc1ccc([N+](=O)[O-])cc1. The minimum absolute atomic E-state index is 0.154. The fourth-order valence-corrected chi connectivity index (χ4v) is 1.32. The number of hydrogen-bond acceptors (Lipinski definition) is 3. The first kappa shape index (κ1) is 13.0. The number of aliphatic carboxylic acids is 1. The summed E-state index contributed by atoms with van der Waals surface area (Å²) >= 11 is 0. The predicted molar refractivity (Wildman–Crippen MR) is 54.0 cm³/mol. The molecular formula is C10H9F2NO4. The second-order valence-corrected chi connectivity index (χ2v) is 3.53.